The van der Waals surface area contributed by atoms with Crippen LogP contribution in [0.3, 0.4) is 0 Å². The van der Waals surface area contributed by atoms with Gasteiger partial charge in [-0.05, 0) is 12.1 Å². The fourth-order valence-corrected chi connectivity index (χ4v) is 1.71. The van der Waals surface area contributed by atoms with E-state index >= 15 is 0 Å². The van der Waals surface area contributed by atoms with Crippen molar-refractivity contribution in [3.05, 3.63) is 29.6 Å². The van der Waals surface area contributed by atoms with E-state index in [1.165, 1.54) is 0 Å². The van der Waals surface area contributed by atoms with Crippen LogP contribution in [0.5, 0.6) is 0 Å². The van der Waals surface area contributed by atoms with Crippen molar-refractivity contribution in [2.24, 2.45) is 0 Å². The fraction of sp³-hybridized carbons (Fsp3) is 0.286. The lowest BCUT2D eigenvalue weighted by Crippen LogP contribution is -2.06. The Labute approximate surface area is 88.3 Å². The summed E-state index contributed by atoms with van der Waals surface area (Å²) in [5.41, 5.74) is -0.962. The summed E-state index contributed by atoms with van der Waals surface area (Å²) in [5, 5.41) is 0. The molecule has 0 bridgehead atoms. The van der Waals surface area contributed by atoms with E-state index in [0.717, 1.165) is 12.1 Å². The monoisotopic (exact) mass is 259 g/mol. The van der Waals surface area contributed by atoms with Crippen molar-refractivity contribution in [3.63, 3.8) is 0 Å². The van der Waals surface area contributed by atoms with Gasteiger partial charge in [-0.25, -0.2) is 8.42 Å². The van der Waals surface area contributed by atoms with E-state index < -0.39 is 26.5 Å². The Bertz CT molecular complexity index is 440. The van der Waals surface area contributed by atoms with Crippen molar-refractivity contribution >= 4 is 19.7 Å². The summed E-state index contributed by atoms with van der Waals surface area (Å²) < 4.78 is 57.4. The number of hydrogen-bond acceptors (Lipinski definition) is 3. The van der Waals surface area contributed by atoms with Gasteiger partial charge in [0, 0.05) is 16.9 Å². The molecule has 3 nitrogen and oxygen atoms in total. The lowest BCUT2D eigenvalue weighted by atomic mass is 10.2. The number of alkyl halides is 3. The minimum absolute atomic E-state index is 0.0296. The molecule has 0 amide bonds. The standard InChI is InChI=1S/C7H5ClF3NO2S/c8-15(13,14)4-6-2-1-5(3-12-6)7(9,10)11/h1-3H,4H2. The fourth-order valence-electron chi connectivity index (χ4n) is 0.854. The Morgan fingerprint density at radius 2 is 1.93 bits per heavy atom. The van der Waals surface area contributed by atoms with Crippen molar-refractivity contribution in [3.8, 4) is 0 Å². The molecular weight excluding hydrogens is 255 g/mol. The van der Waals surface area contributed by atoms with Crippen LogP contribution in [0.15, 0.2) is 18.3 Å². The molecule has 0 spiro atoms. The van der Waals surface area contributed by atoms with Gasteiger partial charge >= 0.3 is 6.18 Å². The van der Waals surface area contributed by atoms with E-state index in [1.807, 2.05) is 0 Å². The van der Waals surface area contributed by atoms with E-state index in [9.17, 15) is 21.6 Å². The summed E-state index contributed by atoms with van der Waals surface area (Å²) in [6.45, 7) is 0. The highest BCUT2D eigenvalue weighted by molar-refractivity contribution is 8.13. The van der Waals surface area contributed by atoms with Gasteiger partial charge in [0.2, 0.25) is 9.05 Å². The summed E-state index contributed by atoms with van der Waals surface area (Å²) >= 11 is 0. The van der Waals surface area contributed by atoms with Crippen LogP contribution in [-0.2, 0) is 21.0 Å². The Morgan fingerprint density at radius 3 is 2.27 bits per heavy atom. The van der Waals surface area contributed by atoms with E-state index in [1.54, 1.807) is 0 Å². The molecule has 0 aliphatic carbocycles. The molecule has 0 aromatic carbocycles. The van der Waals surface area contributed by atoms with Crippen LogP contribution >= 0.6 is 10.7 Å². The molecule has 0 aliphatic heterocycles. The maximum Gasteiger partial charge on any atom is 0.417 e. The molecule has 1 heterocycles. The molecule has 1 aromatic rings. The first-order valence-electron chi connectivity index (χ1n) is 3.63. The maximum atomic E-state index is 12.1. The number of aromatic nitrogens is 1. The van der Waals surface area contributed by atoms with Gasteiger partial charge < -0.3 is 0 Å². The second kappa shape index (κ2) is 3.97. The molecule has 0 saturated carbocycles. The number of rotatable bonds is 2. The first-order chi connectivity index (χ1) is 6.68. The molecule has 15 heavy (non-hydrogen) atoms. The highest BCUT2D eigenvalue weighted by atomic mass is 35.7. The minimum Gasteiger partial charge on any atom is -0.260 e. The second-order valence-corrected chi connectivity index (χ2v) is 5.50. The van der Waals surface area contributed by atoms with Gasteiger partial charge in [0.15, 0.2) is 0 Å². The first kappa shape index (κ1) is 12.3. The molecular formula is C7H5ClF3NO2S. The quantitative estimate of drug-likeness (QED) is 0.765. The van der Waals surface area contributed by atoms with Gasteiger partial charge in [0.25, 0.3) is 0 Å². The second-order valence-electron chi connectivity index (χ2n) is 2.72. The zero-order valence-electron chi connectivity index (χ0n) is 7.12. The Balaban J connectivity index is 2.91. The summed E-state index contributed by atoms with van der Waals surface area (Å²) in [4.78, 5) is 3.35. The number of nitrogens with zero attached hydrogens (tertiary/aromatic N) is 1. The Hall–Kier alpha value is -0.820. The van der Waals surface area contributed by atoms with Crippen molar-refractivity contribution in [2.45, 2.75) is 11.9 Å². The molecule has 8 heteroatoms. The van der Waals surface area contributed by atoms with Gasteiger partial charge in [0.1, 0.15) is 5.75 Å². The topological polar surface area (TPSA) is 47.0 Å². The third-order valence-corrected chi connectivity index (χ3v) is 2.44. The van der Waals surface area contributed by atoms with E-state index in [-0.39, 0.29) is 5.69 Å². The smallest absolute Gasteiger partial charge is 0.260 e. The average Bonchev–Trinajstić information content (AvgIpc) is 2.00. The molecule has 0 aliphatic rings. The molecule has 0 fully saturated rings. The highest BCUT2D eigenvalue weighted by Gasteiger charge is 2.30. The zero-order valence-corrected chi connectivity index (χ0v) is 8.70. The van der Waals surface area contributed by atoms with Gasteiger partial charge in [-0.15, -0.1) is 0 Å². The van der Waals surface area contributed by atoms with Crippen LogP contribution < -0.4 is 0 Å². The van der Waals surface area contributed by atoms with Crippen molar-refractivity contribution in [1.29, 1.82) is 0 Å². The average molecular weight is 260 g/mol. The summed E-state index contributed by atoms with van der Waals surface area (Å²) in [5.74, 6) is -0.591. The molecule has 0 unspecified atom stereocenters. The van der Waals surface area contributed by atoms with Crippen LogP contribution in [0.2, 0.25) is 0 Å². The SMILES string of the molecule is O=S(=O)(Cl)Cc1ccc(C(F)(F)F)cn1. The van der Waals surface area contributed by atoms with Crippen molar-refractivity contribution in [1.82, 2.24) is 4.98 Å². The molecule has 0 atom stereocenters. The molecule has 1 rings (SSSR count). The third kappa shape index (κ3) is 4.05. The predicted octanol–water partition coefficient (Wildman–Crippen LogP) is 2.17. The normalized spacial score (nSPS) is 12.8. The van der Waals surface area contributed by atoms with Gasteiger partial charge in [-0.1, -0.05) is 0 Å². The summed E-state index contributed by atoms with van der Waals surface area (Å²) in [6.07, 6.45) is -3.91. The van der Waals surface area contributed by atoms with E-state index in [4.69, 9.17) is 10.7 Å². The summed E-state index contributed by atoms with van der Waals surface area (Å²) in [7, 11) is 1.11. The predicted molar refractivity (Wildman–Crippen MR) is 47.7 cm³/mol. The molecule has 0 radical (unpaired) electrons. The van der Waals surface area contributed by atoms with Crippen molar-refractivity contribution < 1.29 is 21.6 Å². The largest absolute Gasteiger partial charge is 0.417 e. The Kier molecular flexibility index (Phi) is 3.25. The van der Waals surface area contributed by atoms with Gasteiger partial charge in [-0.3, -0.25) is 4.98 Å². The van der Waals surface area contributed by atoms with Crippen LogP contribution in [0.25, 0.3) is 0 Å². The van der Waals surface area contributed by atoms with Crippen LogP contribution in [0.4, 0.5) is 13.2 Å². The molecule has 0 saturated heterocycles. The van der Waals surface area contributed by atoms with Crippen LogP contribution in [0, 0.1) is 0 Å². The zero-order chi connectivity index (χ0) is 11.7. The maximum absolute atomic E-state index is 12.1. The van der Waals surface area contributed by atoms with Gasteiger partial charge in [0.05, 0.1) is 11.3 Å². The van der Waals surface area contributed by atoms with E-state index in [0.29, 0.717) is 6.20 Å². The van der Waals surface area contributed by atoms with Crippen LogP contribution in [-0.4, -0.2) is 13.4 Å². The number of halogens is 4. The Morgan fingerprint density at radius 1 is 1.33 bits per heavy atom. The van der Waals surface area contributed by atoms with E-state index in [2.05, 4.69) is 4.98 Å². The number of pyridine rings is 1. The highest BCUT2D eigenvalue weighted by Crippen LogP contribution is 2.28. The third-order valence-electron chi connectivity index (χ3n) is 1.47. The minimum atomic E-state index is -4.48. The van der Waals surface area contributed by atoms with Gasteiger partial charge in [-0.2, -0.15) is 13.2 Å². The molecule has 84 valence electrons. The molecule has 0 N–H and O–H groups in total. The molecule has 1 aromatic heterocycles. The lowest BCUT2D eigenvalue weighted by molar-refractivity contribution is -0.137. The first-order valence-corrected chi connectivity index (χ1v) is 6.11. The number of hydrogen-bond donors (Lipinski definition) is 0. The summed E-state index contributed by atoms with van der Waals surface area (Å²) in [6, 6.07) is 1.73. The lowest BCUT2D eigenvalue weighted by Gasteiger charge is -2.05. The van der Waals surface area contributed by atoms with Crippen LogP contribution in [0.1, 0.15) is 11.3 Å². The van der Waals surface area contributed by atoms with Crippen molar-refractivity contribution in [2.75, 3.05) is 0 Å².